The fourth-order valence-corrected chi connectivity index (χ4v) is 5.32. The molecule has 188 valence electrons. The van der Waals surface area contributed by atoms with Crippen LogP contribution in [-0.2, 0) is 10.2 Å². The van der Waals surface area contributed by atoms with Gasteiger partial charge in [0.05, 0.1) is 22.9 Å². The Bertz CT molecular complexity index is 1460. The molecule has 36 heavy (non-hydrogen) atoms. The first-order valence-electron chi connectivity index (χ1n) is 11.5. The van der Waals surface area contributed by atoms with Crippen LogP contribution in [-0.4, -0.2) is 55.5 Å². The minimum absolute atomic E-state index is 0.0922. The van der Waals surface area contributed by atoms with Crippen LogP contribution in [0.4, 0.5) is 10.1 Å². The molecule has 0 unspecified atom stereocenters. The van der Waals surface area contributed by atoms with E-state index < -0.39 is 21.8 Å². The van der Waals surface area contributed by atoms with Crippen LogP contribution in [0.5, 0.6) is 17.4 Å². The number of halogens is 1. The molecule has 1 aliphatic carbocycles. The van der Waals surface area contributed by atoms with E-state index in [1.54, 1.807) is 31.3 Å². The lowest BCUT2D eigenvalue weighted by Crippen LogP contribution is -2.62. The van der Waals surface area contributed by atoms with Crippen molar-refractivity contribution in [3.8, 4) is 23.4 Å². The second-order valence-electron chi connectivity index (χ2n) is 9.14. The topological polar surface area (TPSA) is 129 Å². The molecule has 2 aromatic carbocycles. The summed E-state index contributed by atoms with van der Waals surface area (Å²) in [5, 5.41) is 13.0. The lowest BCUT2D eigenvalue weighted by Gasteiger charge is -2.53. The van der Waals surface area contributed by atoms with Gasteiger partial charge in [-0.3, -0.25) is 4.72 Å². The summed E-state index contributed by atoms with van der Waals surface area (Å²) in [6, 6.07) is 8.85. The number of nitrogens with zero attached hydrogens (tertiary/aromatic N) is 4. The van der Waals surface area contributed by atoms with Gasteiger partial charge in [0.1, 0.15) is 23.5 Å². The van der Waals surface area contributed by atoms with Gasteiger partial charge in [0.2, 0.25) is 5.88 Å². The van der Waals surface area contributed by atoms with E-state index in [0.717, 1.165) is 36.3 Å². The Morgan fingerprint density at radius 3 is 2.72 bits per heavy atom. The fraction of sp³-hybridized carbons (Fsp3) is 0.375. The molecule has 1 aromatic heterocycles. The molecule has 1 saturated heterocycles. The van der Waals surface area contributed by atoms with Crippen molar-refractivity contribution in [1.29, 1.82) is 5.26 Å². The zero-order valence-corrected chi connectivity index (χ0v) is 20.6. The van der Waals surface area contributed by atoms with Gasteiger partial charge < -0.3 is 14.8 Å². The van der Waals surface area contributed by atoms with Gasteiger partial charge in [-0.2, -0.15) is 18.0 Å². The van der Waals surface area contributed by atoms with Crippen molar-refractivity contribution in [2.75, 3.05) is 31.4 Å². The first kappa shape index (κ1) is 24.2. The lowest BCUT2D eigenvalue weighted by atomic mass is 9.63. The molecule has 1 saturated carbocycles. The summed E-state index contributed by atoms with van der Waals surface area (Å²) in [6.07, 6.45) is 3.63. The van der Waals surface area contributed by atoms with Crippen LogP contribution < -0.4 is 19.5 Å². The van der Waals surface area contributed by atoms with Gasteiger partial charge in [-0.1, -0.05) is 6.92 Å². The highest BCUT2D eigenvalue weighted by Crippen LogP contribution is 2.45. The third-order valence-electron chi connectivity index (χ3n) is 6.64. The van der Waals surface area contributed by atoms with Crippen LogP contribution >= 0.6 is 0 Å². The summed E-state index contributed by atoms with van der Waals surface area (Å²) in [4.78, 5) is 8.89. The molecule has 0 radical (unpaired) electrons. The van der Waals surface area contributed by atoms with Crippen molar-refractivity contribution >= 4 is 26.9 Å². The molecule has 0 atom stereocenters. The number of fused-ring (bicyclic) bond motifs is 1. The summed E-state index contributed by atoms with van der Waals surface area (Å²) in [5.41, 5.74) is 1.06. The average Bonchev–Trinajstić information content (AvgIpc) is 2.81. The molecule has 2 N–H and O–H groups in total. The first-order chi connectivity index (χ1) is 17.2. The summed E-state index contributed by atoms with van der Waals surface area (Å²) in [7, 11) is -2.54. The highest BCUT2D eigenvalue weighted by Gasteiger charge is 2.49. The van der Waals surface area contributed by atoms with E-state index >= 15 is 0 Å². The van der Waals surface area contributed by atoms with Crippen LogP contribution in [0.2, 0.25) is 0 Å². The van der Waals surface area contributed by atoms with Gasteiger partial charge in [0.25, 0.3) is 0 Å². The van der Waals surface area contributed by atoms with Crippen molar-refractivity contribution in [1.82, 2.24) is 19.6 Å². The first-order valence-corrected chi connectivity index (χ1v) is 12.9. The van der Waals surface area contributed by atoms with Crippen LogP contribution in [0.1, 0.15) is 25.3 Å². The Morgan fingerprint density at radius 1 is 1.28 bits per heavy atom. The highest BCUT2D eigenvalue weighted by atomic mass is 32.2. The number of ether oxygens (including phenoxy) is 2. The van der Waals surface area contributed by atoms with Gasteiger partial charge in [0, 0.05) is 38.2 Å². The summed E-state index contributed by atoms with van der Waals surface area (Å²) < 4.78 is 54.6. The molecule has 0 bridgehead atoms. The van der Waals surface area contributed by atoms with Gasteiger partial charge in [-0.25, -0.2) is 14.4 Å². The predicted octanol–water partition coefficient (Wildman–Crippen LogP) is 3.17. The summed E-state index contributed by atoms with van der Waals surface area (Å²) >= 11 is 0. The quantitative estimate of drug-likeness (QED) is 0.471. The minimum Gasteiger partial charge on any atom is -0.473 e. The van der Waals surface area contributed by atoms with Crippen molar-refractivity contribution in [3.05, 3.63) is 47.9 Å². The second kappa shape index (κ2) is 9.16. The Kier molecular flexibility index (Phi) is 6.15. The molecule has 3 aromatic rings. The van der Waals surface area contributed by atoms with Crippen molar-refractivity contribution in [3.63, 3.8) is 0 Å². The standard InChI is InChI=1S/C24H25FN6O4S/c1-3-31(2)36(32,33)30-19-7-5-18(25)23(17(19)11-26)35-15-4-6-20-21(8-15)29-22(12-28-20)34-16-9-24(10-16)13-27-14-24/h4-8,12,16,27,30H,3,9-10,13-14H2,1-2H3. The highest BCUT2D eigenvalue weighted by molar-refractivity contribution is 7.90. The molecular formula is C24H25FN6O4S. The maximum Gasteiger partial charge on any atom is 0.301 e. The number of nitriles is 1. The van der Waals surface area contributed by atoms with E-state index in [2.05, 4.69) is 20.0 Å². The number of nitrogens with one attached hydrogen (secondary N) is 2. The summed E-state index contributed by atoms with van der Waals surface area (Å²) in [6.45, 7) is 3.92. The Hall–Kier alpha value is -3.53. The number of benzene rings is 2. The smallest absolute Gasteiger partial charge is 0.301 e. The molecule has 2 fully saturated rings. The third-order valence-corrected chi connectivity index (χ3v) is 8.19. The zero-order chi connectivity index (χ0) is 25.5. The molecule has 5 rings (SSSR count). The van der Waals surface area contributed by atoms with Gasteiger partial charge in [-0.15, -0.1) is 0 Å². The van der Waals surface area contributed by atoms with E-state index in [1.165, 1.54) is 13.1 Å². The Labute approximate surface area is 208 Å². The van der Waals surface area contributed by atoms with Crippen LogP contribution in [0.3, 0.4) is 0 Å². The molecule has 0 amide bonds. The third kappa shape index (κ3) is 4.53. The molecule has 1 aliphatic heterocycles. The van der Waals surface area contributed by atoms with E-state index in [4.69, 9.17) is 9.47 Å². The molecule has 2 aliphatic rings. The van der Waals surface area contributed by atoms with Gasteiger partial charge in [0.15, 0.2) is 11.6 Å². The maximum atomic E-state index is 14.7. The lowest BCUT2D eigenvalue weighted by molar-refractivity contribution is -0.0513. The average molecular weight is 513 g/mol. The second-order valence-corrected chi connectivity index (χ2v) is 10.9. The molecule has 12 heteroatoms. The number of hydrogen-bond acceptors (Lipinski definition) is 8. The number of rotatable bonds is 8. The van der Waals surface area contributed by atoms with Gasteiger partial charge >= 0.3 is 10.2 Å². The van der Waals surface area contributed by atoms with Crippen LogP contribution in [0, 0.1) is 22.6 Å². The zero-order valence-electron chi connectivity index (χ0n) is 19.8. The maximum absolute atomic E-state index is 14.7. The van der Waals surface area contributed by atoms with E-state index in [0.29, 0.717) is 22.3 Å². The number of aromatic nitrogens is 2. The predicted molar refractivity (Wildman–Crippen MR) is 131 cm³/mol. The van der Waals surface area contributed by atoms with Crippen LogP contribution in [0.25, 0.3) is 11.0 Å². The molecule has 2 heterocycles. The van der Waals surface area contributed by atoms with Crippen molar-refractivity contribution < 1.29 is 22.3 Å². The van der Waals surface area contributed by atoms with Crippen LogP contribution in [0.15, 0.2) is 36.5 Å². The Morgan fingerprint density at radius 2 is 2.06 bits per heavy atom. The summed E-state index contributed by atoms with van der Waals surface area (Å²) in [5.74, 6) is -0.609. The normalized spacial score (nSPS) is 16.9. The van der Waals surface area contributed by atoms with E-state index in [-0.39, 0.29) is 29.6 Å². The number of anilines is 1. The molecule has 1 spiro atoms. The van der Waals surface area contributed by atoms with E-state index in [9.17, 15) is 18.1 Å². The molecule has 10 nitrogen and oxygen atoms in total. The SMILES string of the molecule is CCN(C)S(=O)(=O)Nc1ccc(F)c(Oc2ccc3ncc(OC4CC5(CNC5)C4)nc3c2)c1C#N. The fourth-order valence-electron chi connectivity index (χ4n) is 4.38. The largest absolute Gasteiger partial charge is 0.473 e. The van der Waals surface area contributed by atoms with Crippen molar-refractivity contribution in [2.45, 2.75) is 25.9 Å². The monoisotopic (exact) mass is 512 g/mol. The minimum atomic E-state index is -3.93. The van der Waals surface area contributed by atoms with E-state index in [1.807, 2.05) is 6.07 Å². The Balaban J connectivity index is 1.39. The van der Waals surface area contributed by atoms with Gasteiger partial charge in [-0.05, 0) is 37.1 Å². The molecular weight excluding hydrogens is 487 g/mol. The van der Waals surface area contributed by atoms with Crippen molar-refractivity contribution in [2.24, 2.45) is 5.41 Å². The number of hydrogen-bond donors (Lipinski definition) is 2.